The number of hydrogen-bond donors (Lipinski definition) is 4. The Morgan fingerprint density at radius 1 is 0.682 bits per heavy atom. The summed E-state index contributed by atoms with van der Waals surface area (Å²) in [6.07, 6.45) is 1.36. The van der Waals surface area contributed by atoms with Gasteiger partial charge in [0.25, 0.3) is 0 Å². The van der Waals surface area contributed by atoms with Crippen LogP contribution in [0.15, 0.2) is 48.5 Å². The Hall–Kier alpha value is -3.58. The molecule has 0 saturated carbocycles. The first kappa shape index (κ1) is 34.9. The van der Waals surface area contributed by atoms with Gasteiger partial charge in [0.15, 0.2) is 11.9 Å². The van der Waals surface area contributed by atoms with E-state index in [0.717, 1.165) is 39.3 Å². The number of benzene rings is 2. The second-order valence-corrected chi connectivity index (χ2v) is 11.3. The van der Waals surface area contributed by atoms with Gasteiger partial charge in [-0.1, -0.05) is 23.2 Å². The van der Waals surface area contributed by atoms with Gasteiger partial charge in [-0.25, -0.2) is 9.59 Å². The van der Waals surface area contributed by atoms with Crippen LogP contribution in [0.25, 0.3) is 0 Å². The van der Waals surface area contributed by atoms with Gasteiger partial charge in [0, 0.05) is 73.8 Å². The van der Waals surface area contributed by atoms with Crippen LogP contribution < -0.4 is 21.3 Å². The summed E-state index contributed by atoms with van der Waals surface area (Å²) >= 11 is 12.0. The Balaban J connectivity index is 1.43. The maximum Gasteiger partial charge on any atom is 0.331 e. The van der Waals surface area contributed by atoms with Crippen molar-refractivity contribution in [3.05, 3.63) is 58.6 Å². The summed E-state index contributed by atoms with van der Waals surface area (Å²) in [5.74, 6) is -0.555. The molecule has 1 fully saturated rings. The molecule has 1 aliphatic heterocycles. The van der Waals surface area contributed by atoms with Crippen molar-refractivity contribution in [3.63, 3.8) is 0 Å². The average Bonchev–Trinajstić information content (AvgIpc) is 3.00. The second-order valence-electron chi connectivity index (χ2n) is 10.5. The number of piperazine rings is 1. The van der Waals surface area contributed by atoms with Crippen LogP contribution in [0, 0.1) is 10.8 Å². The zero-order valence-electron chi connectivity index (χ0n) is 25.5. The topological polar surface area (TPSA) is 153 Å². The molecule has 3 rings (SSSR count). The second kappa shape index (κ2) is 17.0. The molecule has 2 aromatic carbocycles. The molecule has 44 heavy (non-hydrogen) atoms. The van der Waals surface area contributed by atoms with E-state index in [1.165, 1.54) is 9.80 Å². The number of hydrogen-bond acceptors (Lipinski definition) is 6. The Bertz CT molecular complexity index is 1160. The molecular formula is C30H44Cl2N10O2. The molecule has 240 valence electrons. The fourth-order valence-corrected chi connectivity index (χ4v) is 5.42. The van der Waals surface area contributed by atoms with Gasteiger partial charge in [0.2, 0.25) is 0 Å². The molecule has 0 aromatic heterocycles. The zero-order chi connectivity index (χ0) is 32.2. The lowest BCUT2D eigenvalue weighted by Crippen LogP contribution is -2.51. The molecule has 0 atom stereocenters. The highest BCUT2D eigenvalue weighted by Crippen LogP contribution is 2.21. The number of anilines is 2. The van der Waals surface area contributed by atoms with Crippen LogP contribution >= 0.6 is 23.2 Å². The van der Waals surface area contributed by atoms with Crippen molar-refractivity contribution in [1.29, 1.82) is 10.8 Å². The van der Waals surface area contributed by atoms with Crippen LogP contribution in [0.5, 0.6) is 0 Å². The summed E-state index contributed by atoms with van der Waals surface area (Å²) in [5.41, 5.74) is 13.0. The number of urea groups is 2. The van der Waals surface area contributed by atoms with Gasteiger partial charge < -0.3 is 21.3 Å². The summed E-state index contributed by atoms with van der Waals surface area (Å²) in [4.78, 5) is 36.9. The van der Waals surface area contributed by atoms with Gasteiger partial charge in [-0.05, 0) is 88.3 Å². The largest absolute Gasteiger partial charge is 0.370 e. The molecule has 0 radical (unpaired) electrons. The minimum Gasteiger partial charge on any atom is -0.370 e. The van der Waals surface area contributed by atoms with Gasteiger partial charge in [-0.15, -0.1) is 0 Å². The van der Waals surface area contributed by atoms with Crippen molar-refractivity contribution in [1.82, 2.24) is 19.6 Å². The number of carbonyl (C=O) groups excluding carboxylic acids is 2. The third-order valence-corrected chi connectivity index (χ3v) is 8.10. The third kappa shape index (κ3) is 9.71. The van der Waals surface area contributed by atoms with Gasteiger partial charge >= 0.3 is 12.1 Å². The number of guanidine groups is 2. The van der Waals surface area contributed by atoms with Gasteiger partial charge in [0.1, 0.15) is 0 Å². The molecule has 14 heteroatoms. The summed E-state index contributed by atoms with van der Waals surface area (Å²) in [7, 11) is 0. The van der Waals surface area contributed by atoms with E-state index in [-0.39, 0.29) is 24.0 Å². The lowest BCUT2D eigenvalue weighted by Gasteiger charge is -2.36. The van der Waals surface area contributed by atoms with Crippen LogP contribution in [0.2, 0.25) is 10.0 Å². The Kier molecular flexibility index (Phi) is 13.5. The van der Waals surface area contributed by atoms with Crippen molar-refractivity contribution in [3.8, 4) is 0 Å². The average molecular weight is 648 g/mol. The SMILES string of the molecule is CCN(C(=O)N(CCCN1CCN(CCCN(C(=N)N)C(=O)N(CC)c2ccc(Cl)cc2)CC1)C(=N)N)c1ccc(Cl)cc1. The summed E-state index contributed by atoms with van der Waals surface area (Å²) in [5, 5.41) is 17.2. The highest BCUT2D eigenvalue weighted by Gasteiger charge is 2.26. The molecule has 1 saturated heterocycles. The van der Waals surface area contributed by atoms with Crippen molar-refractivity contribution in [2.45, 2.75) is 26.7 Å². The number of rotatable bonds is 12. The van der Waals surface area contributed by atoms with E-state index in [2.05, 4.69) is 9.80 Å². The Morgan fingerprint density at radius 3 is 1.27 bits per heavy atom. The molecule has 6 N–H and O–H groups in total. The van der Waals surface area contributed by atoms with E-state index < -0.39 is 0 Å². The smallest absolute Gasteiger partial charge is 0.331 e. The van der Waals surface area contributed by atoms with Crippen LogP contribution in [0.4, 0.5) is 21.0 Å². The van der Waals surface area contributed by atoms with Crippen LogP contribution in [-0.4, -0.2) is 109 Å². The first-order valence-electron chi connectivity index (χ1n) is 14.9. The highest BCUT2D eigenvalue weighted by atomic mass is 35.5. The summed E-state index contributed by atoms with van der Waals surface area (Å²) < 4.78 is 0. The summed E-state index contributed by atoms with van der Waals surface area (Å²) in [6, 6.07) is 13.4. The normalized spacial score (nSPS) is 13.7. The van der Waals surface area contributed by atoms with Crippen molar-refractivity contribution in [2.24, 2.45) is 11.5 Å². The number of halogens is 2. The molecule has 4 amide bonds. The van der Waals surface area contributed by atoms with E-state index >= 15 is 0 Å². The molecule has 2 aromatic rings. The first-order valence-corrected chi connectivity index (χ1v) is 15.6. The van der Waals surface area contributed by atoms with Crippen molar-refractivity contribution in [2.75, 3.05) is 75.2 Å². The molecule has 0 aliphatic carbocycles. The van der Waals surface area contributed by atoms with Crippen molar-refractivity contribution < 1.29 is 9.59 Å². The number of nitrogens with two attached hydrogens (primary N) is 2. The van der Waals surface area contributed by atoms with Gasteiger partial charge in [-0.2, -0.15) is 0 Å². The van der Waals surface area contributed by atoms with Crippen LogP contribution in [-0.2, 0) is 0 Å². The predicted molar refractivity (Wildman–Crippen MR) is 179 cm³/mol. The fraction of sp³-hybridized carbons (Fsp3) is 0.467. The first-order chi connectivity index (χ1) is 21.0. The van der Waals surface area contributed by atoms with Gasteiger partial charge in [0.05, 0.1) is 0 Å². The lowest BCUT2D eigenvalue weighted by atomic mass is 10.2. The Morgan fingerprint density at radius 2 is 1.00 bits per heavy atom. The molecule has 0 spiro atoms. The standard InChI is InChI=1S/C30H44Cl2N10O2/c1-3-39(25-11-7-23(31)8-12-25)29(43)41(27(33)34)17-5-15-37-19-21-38(22-20-37)16-6-18-42(28(35)36)30(44)40(4-2)26-13-9-24(32)10-14-26/h7-14H,3-6,15-22H2,1-2H3,(H3,33,34)(H3,35,36). The number of carbonyl (C=O) groups is 2. The number of nitrogens with one attached hydrogen (secondary N) is 2. The molecule has 1 aliphatic rings. The van der Waals surface area contributed by atoms with Crippen molar-refractivity contribution >= 4 is 58.6 Å². The Labute approximate surface area is 270 Å². The minimum absolute atomic E-state index is 0.277. The van der Waals surface area contributed by atoms with E-state index in [9.17, 15) is 9.59 Å². The molecule has 0 unspecified atom stereocenters. The molecule has 12 nitrogen and oxygen atoms in total. The number of amides is 4. The monoisotopic (exact) mass is 646 g/mol. The minimum atomic E-state index is -0.333. The van der Waals surface area contributed by atoms with Gasteiger partial charge in [-0.3, -0.25) is 30.4 Å². The van der Waals surface area contributed by atoms with E-state index in [0.29, 0.717) is 60.4 Å². The maximum absolute atomic E-state index is 13.2. The van der Waals surface area contributed by atoms with E-state index in [4.69, 9.17) is 45.5 Å². The lowest BCUT2D eigenvalue weighted by molar-refractivity contribution is 0.127. The fourth-order valence-electron chi connectivity index (χ4n) is 5.17. The predicted octanol–water partition coefficient (Wildman–Crippen LogP) is 4.37. The molecule has 1 heterocycles. The molecular weight excluding hydrogens is 603 g/mol. The van der Waals surface area contributed by atoms with E-state index in [1.807, 2.05) is 13.8 Å². The maximum atomic E-state index is 13.2. The zero-order valence-corrected chi connectivity index (χ0v) is 27.0. The highest BCUT2D eigenvalue weighted by molar-refractivity contribution is 6.31. The summed E-state index contributed by atoms with van der Waals surface area (Å²) in [6.45, 7) is 10.4. The van der Waals surface area contributed by atoms with E-state index in [1.54, 1.807) is 58.3 Å². The third-order valence-electron chi connectivity index (χ3n) is 7.59. The van der Waals surface area contributed by atoms with Crippen LogP contribution in [0.3, 0.4) is 0 Å². The number of nitrogens with zero attached hydrogens (tertiary/aromatic N) is 6. The van der Waals surface area contributed by atoms with Crippen LogP contribution in [0.1, 0.15) is 26.7 Å². The molecule has 0 bridgehead atoms. The quantitative estimate of drug-likeness (QED) is 0.198.